The molecule has 14 heavy (non-hydrogen) atoms. The predicted molar refractivity (Wildman–Crippen MR) is 54.0 cm³/mol. The molecule has 2 aromatic heterocycles. The van der Waals surface area contributed by atoms with Crippen LogP contribution in [0.15, 0.2) is 18.9 Å². The van der Waals surface area contributed by atoms with Crippen molar-refractivity contribution in [2.75, 3.05) is 0 Å². The molecule has 0 fully saturated rings. The number of rotatable bonds is 4. The zero-order valence-corrected chi connectivity index (χ0v) is 8.35. The molecule has 0 aliphatic heterocycles. The summed E-state index contributed by atoms with van der Waals surface area (Å²) >= 11 is 0. The van der Waals surface area contributed by atoms with Crippen LogP contribution in [-0.4, -0.2) is 19.6 Å². The summed E-state index contributed by atoms with van der Waals surface area (Å²) in [5, 5.41) is 4.05. The van der Waals surface area contributed by atoms with Gasteiger partial charge in [-0.05, 0) is 12.8 Å². The summed E-state index contributed by atoms with van der Waals surface area (Å²) in [5.41, 5.74) is 2.13. The van der Waals surface area contributed by atoms with Crippen LogP contribution in [0.1, 0.15) is 31.7 Å². The molecule has 0 atom stereocenters. The van der Waals surface area contributed by atoms with Gasteiger partial charge in [0.05, 0.1) is 0 Å². The topological polar surface area (TPSA) is 43.1 Å². The molecule has 0 aromatic carbocycles. The lowest BCUT2D eigenvalue weighted by Gasteiger charge is -2.00. The maximum atomic E-state index is 4.21. The van der Waals surface area contributed by atoms with E-state index in [0.717, 1.165) is 12.1 Å². The summed E-state index contributed by atoms with van der Waals surface area (Å²) in [6.45, 7) is 2.20. The lowest BCUT2D eigenvalue weighted by atomic mass is 10.1. The number of hydrogen-bond acceptors (Lipinski definition) is 3. The number of fused-ring (bicyclic) bond motifs is 1. The van der Waals surface area contributed by atoms with Gasteiger partial charge in [0.1, 0.15) is 12.7 Å². The molecule has 0 aliphatic rings. The molecular weight excluding hydrogens is 176 g/mol. The minimum atomic E-state index is 0.941. The second kappa shape index (κ2) is 4.17. The van der Waals surface area contributed by atoms with Crippen molar-refractivity contribution < 1.29 is 0 Å². The molecule has 0 saturated carbocycles. The van der Waals surface area contributed by atoms with Gasteiger partial charge < -0.3 is 0 Å². The maximum Gasteiger partial charge on any atom is 0.161 e. The Balaban J connectivity index is 2.19. The van der Waals surface area contributed by atoms with E-state index >= 15 is 0 Å². The number of unbranched alkanes of at least 4 members (excludes halogenated alkanes) is 2. The van der Waals surface area contributed by atoms with E-state index in [1.165, 1.54) is 24.8 Å². The van der Waals surface area contributed by atoms with E-state index in [9.17, 15) is 0 Å². The fourth-order valence-electron chi connectivity index (χ4n) is 1.55. The molecule has 2 rings (SSSR count). The third-order valence-electron chi connectivity index (χ3n) is 2.32. The quantitative estimate of drug-likeness (QED) is 0.691. The van der Waals surface area contributed by atoms with Crippen molar-refractivity contribution in [1.82, 2.24) is 19.6 Å². The normalized spacial score (nSPS) is 10.9. The van der Waals surface area contributed by atoms with Crippen molar-refractivity contribution in [3.63, 3.8) is 0 Å². The molecule has 74 valence electrons. The Hall–Kier alpha value is -1.45. The highest BCUT2D eigenvalue weighted by molar-refractivity contribution is 5.44. The van der Waals surface area contributed by atoms with Crippen LogP contribution in [0, 0.1) is 0 Å². The lowest BCUT2D eigenvalue weighted by Crippen LogP contribution is -1.95. The minimum absolute atomic E-state index is 0.941. The molecule has 0 unspecified atom stereocenters. The van der Waals surface area contributed by atoms with Crippen LogP contribution < -0.4 is 0 Å². The van der Waals surface area contributed by atoms with Crippen LogP contribution in [-0.2, 0) is 6.42 Å². The summed E-state index contributed by atoms with van der Waals surface area (Å²) in [7, 11) is 0. The number of aromatic nitrogens is 4. The van der Waals surface area contributed by atoms with E-state index in [0.29, 0.717) is 0 Å². The Morgan fingerprint density at radius 1 is 1.36 bits per heavy atom. The van der Waals surface area contributed by atoms with Crippen molar-refractivity contribution in [2.24, 2.45) is 0 Å². The first kappa shape index (κ1) is 9.12. The number of hydrogen-bond donors (Lipinski definition) is 0. The zero-order chi connectivity index (χ0) is 9.80. The highest BCUT2D eigenvalue weighted by Crippen LogP contribution is 2.09. The van der Waals surface area contributed by atoms with Gasteiger partial charge in [0, 0.05) is 11.8 Å². The SMILES string of the molecule is CCCCCc1cncn2ncnc12. The third-order valence-corrected chi connectivity index (χ3v) is 2.32. The Morgan fingerprint density at radius 2 is 2.29 bits per heavy atom. The van der Waals surface area contributed by atoms with Gasteiger partial charge in [0.15, 0.2) is 5.65 Å². The molecule has 0 aliphatic carbocycles. The molecule has 0 N–H and O–H groups in total. The minimum Gasteiger partial charge on any atom is -0.244 e. The summed E-state index contributed by atoms with van der Waals surface area (Å²) < 4.78 is 1.72. The summed E-state index contributed by atoms with van der Waals surface area (Å²) in [5.74, 6) is 0. The van der Waals surface area contributed by atoms with Crippen LogP contribution in [0.4, 0.5) is 0 Å². The average Bonchev–Trinajstić information content (AvgIpc) is 2.67. The van der Waals surface area contributed by atoms with Gasteiger partial charge in [0.25, 0.3) is 0 Å². The molecule has 2 heterocycles. The van der Waals surface area contributed by atoms with Gasteiger partial charge in [0.2, 0.25) is 0 Å². The van der Waals surface area contributed by atoms with Gasteiger partial charge in [-0.3, -0.25) is 0 Å². The van der Waals surface area contributed by atoms with E-state index < -0.39 is 0 Å². The Kier molecular flexibility index (Phi) is 2.72. The van der Waals surface area contributed by atoms with Crippen LogP contribution >= 0.6 is 0 Å². The van der Waals surface area contributed by atoms with E-state index in [-0.39, 0.29) is 0 Å². The average molecular weight is 190 g/mol. The highest BCUT2D eigenvalue weighted by atomic mass is 15.3. The largest absolute Gasteiger partial charge is 0.244 e. The third kappa shape index (κ3) is 1.73. The Bertz CT molecular complexity index is 407. The van der Waals surface area contributed by atoms with Crippen LogP contribution in [0.5, 0.6) is 0 Å². The van der Waals surface area contributed by atoms with Gasteiger partial charge in [-0.1, -0.05) is 19.8 Å². The second-order valence-electron chi connectivity index (χ2n) is 3.40. The van der Waals surface area contributed by atoms with Crippen LogP contribution in [0.25, 0.3) is 5.65 Å². The van der Waals surface area contributed by atoms with E-state index in [4.69, 9.17) is 0 Å². The summed E-state index contributed by atoms with van der Waals surface area (Å²) in [6.07, 6.45) is 9.89. The standard InChI is InChI=1S/C10H14N4/c1-2-3-4-5-9-6-11-8-14-10(9)12-7-13-14/h6-8H,2-5H2,1H3. The van der Waals surface area contributed by atoms with E-state index in [2.05, 4.69) is 22.0 Å². The lowest BCUT2D eigenvalue weighted by molar-refractivity contribution is 0.714. The van der Waals surface area contributed by atoms with Crippen LogP contribution in [0.2, 0.25) is 0 Å². The fourth-order valence-corrected chi connectivity index (χ4v) is 1.55. The zero-order valence-electron chi connectivity index (χ0n) is 8.35. The van der Waals surface area contributed by atoms with Crippen molar-refractivity contribution in [3.05, 3.63) is 24.4 Å². The Labute approximate surface area is 83.0 Å². The molecule has 0 bridgehead atoms. The number of nitrogens with zero attached hydrogens (tertiary/aromatic N) is 4. The van der Waals surface area contributed by atoms with Gasteiger partial charge in [-0.2, -0.15) is 5.10 Å². The molecule has 4 nitrogen and oxygen atoms in total. The van der Waals surface area contributed by atoms with Crippen molar-refractivity contribution in [1.29, 1.82) is 0 Å². The smallest absolute Gasteiger partial charge is 0.161 e. The fraction of sp³-hybridized carbons (Fsp3) is 0.500. The molecule has 2 aromatic rings. The van der Waals surface area contributed by atoms with Crippen molar-refractivity contribution in [3.8, 4) is 0 Å². The molecule has 4 heteroatoms. The molecule has 0 spiro atoms. The first-order valence-electron chi connectivity index (χ1n) is 5.04. The first-order valence-corrected chi connectivity index (χ1v) is 5.04. The molecule has 0 radical (unpaired) electrons. The monoisotopic (exact) mass is 190 g/mol. The Morgan fingerprint density at radius 3 is 3.14 bits per heavy atom. The summed E-state index contributed by atoms with van der Waals surface area (Å²) in [4.78, 5) is 8.33. The highest BCUT2D eigenvalue weighted by Gasteiger charge is 2.02. The molecule has 0 amide bonds. The number of aryl methyl sites for hydroxylation is 1. The van der Waals surface area contributed by atoms with Gasteiger partial charge in [-0.25, -0.2) is 14.5 Å². The van der Waals surface area contributed by atoms with E-state index in [1.54, 1.807) is 17.2 Å². The molecular formula is C10H14N4. The van der Waals surface area contributed by atoms with Crippen molar-refractivity contribution in [2.45, 2.75) is 32.6 Å². The molecule has 0 saturated heterocycles. The van der Waals surface area contributed by atoms with Gasteiger partial charge >= 0.3 is 0 Å². The second-order valence-corrected chi connectivity index (χ2v) is 3.40. The first-order chi connectivity index (χ1) is 6.92. The maximum absolute atomic E-state index is 4.21. The van der Waals surface area contributed by atoms with Crippen LogP contribution in [0.3, 0.4) is 0 Å². The van der Waals surface area contributed by atoms with Gasteiger partial charge in [-0.15, -0.1) is 0 Å². The van der Waals surface area contributed by atoms with Crippen molar-refractivity contribution >= 4 is 5.65 Å². The van der Waals surface area contributed by atoms with E-state index in [1.807, 2.05) is 6.20 Å². The summed E-state index contributed by atoms with van der Waals surface area (Å²) in [6, 6.07) is 0. The predicted octanol–water partition coefficient (Wildman–Crippen LogP) is 1.86.